The highest BCUT2D eigenvalue weighted by Crippen LogP contribution is 2.63. The van der Waals surface area contributed by atoms with Crippen LogP contribution in [0.1, 0.15) is 22.3 Å². The summed E-state index contributed by atoms with van der Waals surface area (Å²) in [4.78, 5) is 12.7. The molecule has 0 N–H and O–H groups in total. The van der Waals surface area contributed by atoms with Crippen LogP contribution in [0.4, 0.5) is 0 Å². The van der Waals surface area contributed by atoms with Gasteiger partial charge in [-0.3, -0.25) is 0 Å². The molecule has 3 nitrogen and oxygen atoms in total. The van der Waals surface area contributed by atoms with Gasteiger partial charge in [-0.15, -0.1) is 0 Å². The van der Waals surface area contributed by atoms with Crippen molar-refractivity contribution in [3.05, 3.63) is 192 Å². The molecule has 1 aliphatic carbocycles. The first kappa shape index (κ1) is 28.6. The highest BCUT2D eigenvalue weighted by Gasteiger charge is 2.50. The molecule has 2 aromatic heterocycles. The lowest BCUT2D eigenvalue weighted by molar-refractivity contribution is 0.666. The summed E-state index contributed by atoms with van der Waals surface area (Å²) in [6, 6.07) is 60.5. The lowest BCUT2D eigenvalue weighted by atomic mass is 9.67. The van der Waals surface area contributed by atoms with Gasteiger partial charge in [-0.1, -0.05) is 145 Å². The van der Waals surface area contributed by atoms with Crippen LogP contribution >= 0.6 is 11.8 Å². The lowest BCUT2D eigenvalue weighted by Crippen LogP contribution is -2.31. The molecule has 0 atom stereocenters. The summed E-state index contributed by atoms with van der Waals surface area (Å²) in [6.45, 7) is 0. The normalized spacial score (nSPS) is 13.6. The number of aromatic nitrogens is 2. The SMILES string of the molecule is c1ccc(-c2cc(-c3ccc4oc5ccc6c(c5c4c3)Sc3ccccc3C63c4ccccc4-c4ccccc43)nc(-c3ccccc3)n2)cc1. The summed E-state index contributed by atoms with van der Waals surface area (Å²) in [5, 5.41) is 2.23. The number of benzene rings is 7. The Labute approximate surface area is 299 Å². The zero-order valence-corrected chi connectivity index (χ0v) is 28.2. The average Bonchev–Trinajstić information content (AvgIpc) is 3.73. The van der Waals surface area contributed by atoms with Gasteiger partial charge in [0.15, 0.2) is 5.82 Å². The summed E-state index contributed by atoms with van der Waals surface area (Å²) in [7, 11) is 0. The molecule has 7 aromatic carbocycles. The van der Waals surface area contributed by atoms with Gasteiger partial charge in [0.25, 0.3) is 0 Å². The van der Waals surface area contributed by atoms with E-state index < -0.39 is 5.41 Å². The summed E-state index contributed by atoms with van der Waals surface area (Å²) in [5.41, 5.74) is 14.0. The smallest absolute Gasteiger partial charge is 0.160 e. The van der Waals surface area contributed by atoms with Gasteiger partial charge in [0.2, 0.25) is 0 Å². The molecular weight excluding hydrogens is 641 g/mol. The van der Waals surface area contributed by atoms with E-state index in [1.165, 1.54) is 43.2 Å². The molecule has 0 amide bonds. The van der Waals surface area contributed by atoms with Crippen molar-refractivity contribution in [2.24, 2.45) is 0 Å². The maximum Gasteiger partial charge on any atom is 0.160 e. The van der Waals surface area contributed by atoms with Crippen molar-refractivity contribution < 1.29 is 4.42 Å². The second-order valence-electron chi connectivity index (χ2n) is 13.3. The van der Waals surface area contributed by atoms with E-state index in [0.717, 1.165) is 50.0 Å². The molecule has 0 unspecified atom stereocenters. The summed E-state index contributed by atoms with van der Waals surface area (Å²) in [5.74, 6) is 0.703. The van der Waals surface area contributed by atoms with Crippen molar-refractivity contribution in [1.29, 1.82) is 0 Å². The van der Waals surface area contributed by atoms with Gasteiger partial charge in [-0.2, -0.15) is 0 Å². The summed E-state index contributed by atoms with van der Waals surface area (Å²) in [6.07, 6.45) is 0. The van der Waals surface area contributed by atoms with Crippen LogP contribution in [-0.4, -0.2) is 9.97 Å². The van der Waals surface area contributed by atoms with Gasteiger partial charge >= 0.3 is 0 Å². The zero-order chi connectivity index (χ0) is 33.5. The Bertz CT molecular complexity index is 2740. The molecule has 1 spiro atoms. The molecule has 11 rings (SSSR count). The second-order valence-corrected chi connectivity index (χ2v) is 14.3. The van der Waals surface area contributed by atoms with Gasteiger partial charge in [-0.05, 0) is 69.8 Å². The molecule has 0 saturated carbocycles. The van der Waals surface area contributed by atoms with E-state index in [-0.39, 0.29) is 0 Å². The van der Waals surface area contributed by atoms with Crippen LogP contribution in [0.15, 0.2) is 184 Å². The van der Waals surface area contributed by atoms with Gasteiger partial charge in [0.1, 0.15) is 11.2 Å². The van der Waals surface area contributed by atoms with Crippen molar-refractivity contribution >= 4 is 33.7 Å². The minimum atomic E-state index is -0.443. The first-order valence-electron chi connectivity index (χ1n) is 17.2. The third-order valence-corrected chi connectivity index (χ3v) is 11.8. The molecule has 0 fully saturated rings. The van der Waals surface area contributed by atoms with E-state index in [4.69, 9.17) is 14.4 Å². The number of rotatable bonds is 3. The van der Waals surface area contributed by atoms with E-state index in [2.05, 4.69) is 146 Å². The number of hydrogen-bond donors (Lipinski definition) is 0. The van der Waals surface area contributed by atoms with Crippen LogP contribution in [0, 0.1) is 0 Å². The minimum absolute atomic E-state index is 0.443. The van der Waals surface area contributed by atoms with E-state index in [1.54, 1.807) is 0 Å². The number of hydrogen-bond acceptors (Lipinski definition) is 4. The topological polar surface area (TPSA) is 38.9 Å². The number of furan rings is 1. The summed E-state index contributed by atoms with van der Waals surface area (Å²) < 4.78 is 6.63. The Morgan fingerprint density at radius 3 is 1.76 bits per heavy atom. The number of nitrogens with zero attached hydrogens (tertiary/aromatic N) is 2. The van der Waals surface area contributed by atoms with Crippen molar-refractivity contribution in [1.82, 2.24) is 9.97 Å². The van der Waals surface area contributed by atoms with E-state index in [1.807, 2.05) is 36.0 Å². The summed E-state index contributed by atoms with van der Waals surface area (Å²) >= 11 is 1.86. The van der Waals surface area contributed by atoms with E-state index >= 15 is 0 Å². The fourth-order valence-electron chi connectivity index (χ4n) is 8.40. The molecule has 9 aromatic rings. The highest BCUT2D eigenvalue weighted by atomic mass is 32.2. The Balaban J connectivity index is 1.18. The Morgan fingerprint density at radius 2 is 1.04 bits per heavy atom. The monoisotopic (exact) mass is 668 g/mol. The zero-order valence-electron chi connectivity index (χ0n) is 27.4. The Hall–Kier alpha value is -6.23. The van der Waals surface area contributed by atoms with Gasteiger partial charge < -0.3 is 4.42 Å². The molecule has 238 valence electrons. The third-order valence-electron chi connectivity index (χ3n) is 10.6. The minimum Gasteiger partial charge on any atom is -0.456 e. The largest absolute Gasteiger partial charge is 0.456 e. The van der Waals surface area contributed by atoms with Crippen LogP contribution in [0.5, 0.6) is 0 Å². The fourth-order valence-corrected chi connectivity index (χ4v) is 9.74. The van der Waals surface area contributed by atoms with Gasteiger partial charge in [-0.25, -0.2) is 9.97 Å². The van der Waals surface area contributed by atoms with E-state index in [9.17, 15) is 0 Å². The molecule has 51 heavy (non-hydrogen) atoms. The maximum absolute atomic E-state index is 6.63. The van der Waals surface area contributed by atoms with Crippen LogP contribution in [0.25, 0.3) is 67.0 Å². The predicted octanol–water partition coefficient (Wildman–Crippen LogP) is 12.2. The molecule has 1 aliphatic heterocycles. The van der Waals surface area contributed by atoms with Crippen LogP contribution < -0.4 is 0 Å². The number of fused-ring (bicyclic) bond motifs is 13. The second kappa shape index (κ2) is 10.9. The standard InChI is InChI=1S/C47H28N2OS/c1-3-13-29(14-4-1)39-28-40(49-46(48-39)30-15-5-2-6-16-30)31-23-25-41-34(27-31)44-42(50-41)26-24-38-45(44)51-43-22-12-11-21-37(43)47(38)35-19-9-7-17-32(35)33-18-8-10-20-36(33)47/h1-28H. The third kappa shape index (κ3) is 4.08. The molecule has 2 aliphatic rings. The first-order valence-corrected chi connectivity index (χ1v) is 18.1. The van der Waals surface area contributed by atoms with Gasteiger partial charge in [0, 0.05) is 37.3 Å². The van der Waals surface area contributed by atoms with Crippen LogP contribution in [0.3, 0.4) is 0 Å². The van der Waals surface area contributed by atoms with Crippen LogP contribution in [0.2, 0.25) is 0 Å². The Morgan fingerprint density at radius 1 is 0.451 bits per heavy atom. The van der Waals surface area contributed by atoms with Crippen molar-refractivity contribution in [3.63, 3.8) is 0 Å². The highest BCUT2D eigenvalue weighted by molar-refractivity contribution is 7.99. The average molecular weight is 669 g/mol. The lowest BCUT2D eigenvalue weighted by Gasteiger charge is -2.39. The molecule has 0 bridgehead atoms. The molecule has 0 saturated heterocycles. The van der Waals surface area contributed by atoms with E-state index in [0.29, 0.717) is 5.82 Å². The van der Waals surface area contributed by atoms with Crippen molar-refractivity contribution in [3.8, 4) is 45.0 Å². The fraction of sp³-hybridized carbons (Fsp3) is 0.0213. The molecule has 4 heteroatoms. The van der Waals surface area contributed by atoms with Gasteiger partial charge in [0.05, 0.1) is 16.8 Å². The van der Waals surface area contributed by atoms with Crippen molar-refractivity contribution in [2.75, 3.05) is 0 Å². The maximum atomic E-state index is 6.63. The first-order chi connectivity index (χ1) is 25.3. The quantitative estimate of drug-likeness (QED) is 0.188. The van der Waals surface area contributed by atoms with Crippen LogP contribution in [-0.2, 0) is 5.41 Å². The molecule has 0 radical (unpaired) electrons. The van der Waals surface area contributed by atoms with Crippen molar-refractivity contribution in [2.45, 2.75) is 15.2 Å². The predicted molar refractivity (Wildman–Crippen MR) is 207 cm³/mol. The molecular formula is C47H28N2OS. The Kier molecular flexibility index (Phi) is 6.10. The molecule has 3 heterocycles.